The summed E-state index contributed by atoms with van der Waals surface area (Å²) in [4.78, 5) is 14.4. The average Bonchev–Trinajstić information content (AvgIpc) is 2.32. The van der Waals surface area contributed by atoms with Crippen LogP contribution in [0.1, 0.15) is 22.8 Å². The monoisotopic (exact) mass is 296 g/mol. The Labute approximate surface area is 110 Å². The molecule has 0 radical (unpaired) electrons. The Morgan fingerprint density at radius 1 is 1.53 bits per heavy atom. The van der Waals surface area contributed by atoms with Crippen molar-refractivity contribution in [1.29, 1.82) is 0 Å². The number of amides is 1. The molecular weight excluding hydrogens is 280 g/mol. The van der Waals surface area contributed by atoms with E-state index in [1.54, 1.807) is 0 Å². The number of piperazine rings is 1. The fraction of sp³-hybridized carbons (Fsp3) is 0.462. The van der Waals surface area contributed by atoms with Crippen LogP contribution in [-0.2, 0) is 0 Å². The van der Waals surface area contributed by atoms with Crippen molar-refractivity contribution in [2.75, 3.05) is 19.6 Å². The Kier molecular flexibility index (Phi) is 3.84. The molecule has 0 bridgehead atoms. The minimum atomic E-state index is 0.137. The molecule has 4 heteroatoms. The van der Waals surface area contributed by atoms with Gasteiger partial charge < -0.3 is 10.2 Å². The summed E-state index contributed by atoms with van der Waals surface area (Å²) in [5.74, 6) is 0.137. The van der Waals surface area contributed by atoms with E-state index in [1.807, 2.05) is 30.0 Å². The van der Waals surface area contributed by atoms with E-state index >= 15 is 0 Å². The molecule has 1 aromatic rings. The van der Waals surface area contributed by atoms with Crippen LogP contribution in [0.4, 0.5) is 0 Å². The van der Waals surface area contributed by atoms with E-state index in [2.05, 4.69) is 28.2 Å². The molecule has 1 N–H and O–H groups in total. The van der Waals surface area contributed by atoms with Crippen LogP contribution in [0.3, 0.4) is 0 Å². The molecule has 2 rings (SSSR count). The minimum Gasteiger partial charge on any atom is -0.333 e. The maximum atomic E-state index is 12.5. The largest absolute Gasteiger partial charge is 0.333 e. The van der Waals surface area contributed by atoms with Gasteiger partial charge in [-0.3, -0.25) is 4.79 Å². The Balaban J connectivity index is 2.27. The molecule has 1 heterocycles. The molecule has 0 saturated carbocycles. The van der Waals surface area contributed by atoms with Crippen molar-refractivity contribution in [1.82, 2.24) is 10.2 Å². The van der Waals surface area contributed by atoms with Crippen molar-refractivity contribution in [2.24, 2.45) is 0 Å². The maximum Gasteiger partial charge on any atom is 0.254 e. The molecular formula is C13H17BrN2O. The predicted octanol–water partition coefficient (Wildman–Crippen LogP) is 2.19. The maximum absolute atomic E-state index is 12.5. The lowest BCUT2D eigenvalue weighted by molar-refractivity contribution is 0.0655. The average molecular weight is 297 g/mol. The van der Waals surface area contributed by atoms with Crippen LogP contribution in [0.5, 0.6) is 0 Å². The molecule has 0 aliphatic carbocycles. The van der Waals surface area contributed by atoms with Crippen molar-refractivity contribution >= 4 is 21.8 Å². The van der Waals surface area contributed by atoms with E-state index in [4.69, 9.17) is 0 Å². The summed E-state index contributed by atoms with van der Waals surface area (Å²) >= 11 is 3.47. The van der Waals surface area contributed by atoms with Gasteiger partial charge in [-0.05, 0) is 31.5 Å². The first kappa shape index (κ1) is 12.6. The fourth-order valence-electron chi connectivity index (χ4n) is 2.14. The van der Waals surface area contributed by atoms with Crippen LogP contribution in [-0.4, -0.2) is 36.5 Å². The fourth-order valence-corrected chi connectivity index (χ4v) is 2.50. The molecule has 92 valence electrons. The zero-order chi connectivity index (χ0) is 12.4. The summed E-state index contributed by atoms with van der Waals surface area (Å²) in [6, 6.07) is 6.04. The van der Waals surface area contributed by atoms with Crippen LogP contribution >= 0.6 is 15.9 Å². The second-order valence-corrected chi connectivity index (χ2v) is 5.32. The van der Waals surface area contributed by atoms with Gasteiger partial charge in [0.25, 0.3) is 5.91 Å². The third kappa shape index (κ3) is 2.53. The molecule has 0 spiro atoms. The lowest BCUT2D eigenvalue weighted by atomic mass is 10.1. The van der Waals surface area contributed by atoms with Crippen molar-refractivity contribution in [3.05, 3.63) is 33.8 Å². The zero-order valence-corrected chi connectivity index (χ0v) is 11.8. The lowest BCUT2D eigenvalue weighted by Gasteiger charge is -2.34. The third-order valence-electron chi connectivity index (χ3n) is 3.26. The summed E-state index contributed by atoms with van der Waals surface area (Å²) in [6.07, 6.45) is 0. The van der Waals surface area contributed by atoms with E-state index in [9.17, 15) is 4.79 Å². The topological polar surface area (TPSA) is 32.3 Å². The quantitative estimate of drug-likeness (QED) is 0.862. The molecule has 0 aromatic heterocycles. The first-order chi connectivity index (χ1) is 8.11. The first-order valence-corrected chi connectivity index (χ1v) is 6.67. The van der Waals surface area contributed by atoms with Gasteiger partial charge in [0.15, 0.2) is 0 Å². The number of hydrogen-bond acceptors (Lipinski definition) is 2. The van der Waals surface area contributed by atoms with E-state index in [0.717, 1.165) is 35.2 Å². The van der Waals surface area contributed by atoms with Crippen molar-refractivity contribution in [2.45, 2.75) is 19.9 Å². The predicted molar refractivity (Wildman–Crippen MR) is 72.2 cm³/mol. The number of rotatable bonds is 1. The van der Waals surface area contributed by atoms with Gasteiger partial charge in [-0.15, -0.1) is 0 Å². The number of halogens is 1. The molecule has 17 heavy (non-hydrogen) atoms. The molecule has 1 aliphatic heterocycles. The highest BCUT2D eigenvalue weighted by atomic mass is 79.9. The molecule has 1 fully saturated rings. The van der Waals surface area contributed by atoms with Gasteiger partial charge in [-0.2, -0.15) is 0 Å². The van der Waals surface area contributed by atoms with Crippen LogP contribution in [0.15, 0.2) is 22.7 Å². The number of carbonyl (C=O) groups is 1. The van der Waals surface area contributed by atoms with E-state index < -0.39 is 0 Å². The zero-order valence-electron chi connectivity index (χ0n) is 10.2. The van der Waals surface area contributed by atoms with E-state index in [1.165, 1.54) is 0 Å². The Morgan fingerprint density at radius 2 is 2.29 bits per heavy atom. The lowest BCUT2D eigenvalue weighted by Crippen LogP contribution is -2.52. The van der Waals surface area contributed by atoms with Gasteiger partial charge in [0.1, 0.15) is 0 Å². The van der Waals surface area contributed by atoms with Crippen molar-refractivity contribution in [3.8, 4) is 0 Å². The standard InChI is InChI=1S/C13H17BrN2O/c1-9-8-15-6-7-16(9)13(17)11-4-3-5-12(14)10(11)2/h3-5,9,15H,6-8H2,1-2H3. The third-order valence-corrected chi connectivity index (χ3v) is 4.12. The summed E-state index contributed by atoms with van der Waals surface area (Å²) in [6.45, 7) is 6.59. The number of nitrogens with zero attached hydrogens (tertiary/aromatic N) is 1. The van der Waals surface area contributed by atoms with Crippen molar-refractivity contribution < 1.29 is 4.79 Å². The van der Waals surface area contributed by atoms with Crippen LogP contribution in [0, 0.1) is 6.92 Å². The highest BCUT2D eigenvalue weighted by molar-refractivity contribution is 9.10. The molecule has 1 aliphatic rings. The highest BCUT2D eigenvalue weighted by Crippen LogP contribution is 2.21. The number of hydrogen-bond donors (Lipinski definition) is 1. The van der Waals surface area contributed by atoms with E-state index in [0.29, 0.717) is 0 Å². The summed E-state index contributed by atoms with van der Waals surface area (Å²) in [7, 11) is 0. The van der Waals surface area contributed by atoms with Gasteiger partial charge in [-0.1, -0.05) is 22.0 Å². The summed E-state index contributed by atoms with van der Waals surface area (Å²) in [5, 5.41) is 3.29. The molecule has 1 saturated heterocycles. The highest BCUT2D eigenvalue weighted by Gasteiger charge is 2.25. The molecule has 1 amide bonds. The first-order valence-electron chi connectivity index (χ1n) is 5.88. The SMILES string of the molecule is Cc1c(Br)cccc1C(=O)N1CCNCC1C. The number of benzene rings is 1. The summed E-state index contributed by atoms with van der Waals surface area (Å²) in [5.41, 5.74) is 1.82. The van der Waals surface area contributed by atoms with Crippen LogP contribution in [0.2, 0.25) is 0 Å². The van der Waals surface area contributed by atoms with E-state index in [-0.39, 0.29) is 11.9 Å². The molecule has 3 nitrogen and oxygen atoms in total. The molecule has 1 atom stereocenters. The van der Waals surface area contributed by atoms with Gasteiger partial charge in [0, 0.05) is 35.7 Å². The molecule has 1 aromatic carbocycles. The van der Waals surface area contributed by atoms with Gasteiger partial charge in [0.05, 0.1) is 0 Å². The normalized spacial score (nSPS) is 20.4. The second-order valence-electron chi connectivity index (χ2n) is 4.46. The molecule has 1 unspecified atom stereocenters. The van der Waals surface area contributed by atoms with Crippen LogP contribution in [0.25, 0.3) is 0 Å². The number of carbonyl (C=O) groups excluding carboxylic acids is 1. The second kappa shape index (κ2) is 5.19. The van der Waals surface area contributed by atoms with Gasteiger partial charge in [0.2, 0.25) is 0 Å². The van der Waals surface area contributed by atoms with Crippen molar-refractivity contribution in [3.63, 3.8) is 0 Å². The number of nitrogens with one attached hydrogen (secondary N) is 1. The summed E-state index contributed by atoms with van der Waals surface area (Å²) < 4.78 is 0.992. The van der Waals surface area contributed by atoms with Gasteiger partial charge >= 0.3 is 0 Å². The van der Waals surface area contributed by atoms with Crippen LogP contribution < -0.4 is 5.32 Å². The minimum absolute atomic E-state index is 0.137. The smallest absolute Gasteiger partial charge is 0.254 e. The van der Waals surface area contributed by atoms with Gasteiger partial charge in [-0.25, -0.2) is 0 Å². The Morgan fingerprint density at radius 3 is 3.00 bits per heavy atom. The Bertz CT molecular complexity index is 433. The Hall–Kier alpha value is -0.870.